The van der Waals surface area contributed by atoms with Crippen molar-refractivity contribution in [3.05, 3.63) is 59.3 Å². The maximum absolute atomic E-state index is 12.6. The first-order valence-corrected chi connectivity index (χ1v) is 7.22. The van der Waals surface area contributed by atoms with E-state index in [9.17, 15) is 4.79 Å². The largest absolute Gasteiger partial charge is 0.384 e. The maximum Gasteiger partial charge on any atom is 0.254 e. The Labute approximate surface area is 124 Å². The number of rotatable bonds is 2. The van der Waals surface area contributed by atoms with E-state index >= 15 is 0 Å². The molecule has 1 aromatic carbocycles. The van der Waals surface area contributed by atoms with E-state index in [0.717, 1.165) is 25.2 Å². The summed E-state index contributed by atoms with van der Waals surface area (Å²) in [6, 6.07) is 13.8. The first-order valence-electron chi connectivity index (χ1n) is 7.22. The van der Waals surface area contributed by atoms with Crippen LogP contribution in [-0.2, 0) is 0 Å². The van der Waals surface area contributed by atoms with Gasteiger partial charge in [-0.25, -0.2) is 4.98 Å². The Kier molecular flexibility index (Phi) is 3.60. The number of nitrogen functional groups attached to an aromatic ring is 1. The van der Waals surface area contributed by atoms with Gasteiger partial charge in [0.25, 0.3) is 5.91 Å². The highest BCUT2D eigenvalue weighted by atomic mass is 16.2. The van der Waals surface area contributed by atoms with Crippen LogP contribution >= 0.6 is 0 Å². The van der Waals surface area contributed by atoms with E-state index < -0.39 is 0 Å². The Hall–Kier alpha value is -2.36. The number of anilines is 1. The van der Waals surface area contributed by atoms with Crippen molar-refractivity contribution in [1.82, 2.24) is 9.88 Å². The second-order valence-corrected chi connectivity index (χ2v) is 5.57. The van der Waals surface area contributed by atoms with Gasteiger partial charge in [0.15, 0.2) is 0 Å². The van der Waals surface area contributed by atoms with Gasteiger partial charge in [-0.15, -0.1) is 0 Å². The van der Waals surface area contributed by atoms with Crippen LogP contribution in [0.2, 0.25) is 0 Å². The molecule has 1 aliphatic rings. The Morgan fingerprint density at radius 2 is 2.05 bits per heavy atom. The number of aromatic nitrogens is 1. The summed E-state index contributed by atoms with van der Waals surface area (Å²) in [7, 11) is 0. The van der Waals surface area contributed by atoms with E-state index in [1.807, 2.05) is 30.0 Å². The lowest BCUT2D eigenvalue weighted by Gasteiger charge is -2.17. The third-order valence-corrected chi connectivity index (χ3v) is 3.97. The Bertz CT molecular complexity index is 634. The van der Waals surface area contributed by atoms with Crippen molar-refractivity contribution in [2.75, 3.05) is 18.8 Å². The number of carbonyl (C=O) groups is 1. The van der Waals surface area contributed by atoms with Crippen LogP contribution < -0.4 is 5.73 Å². The zero-order chi connectivity index (χ0) is 14.8. The second kappa shape index (κ2) is 5.56. The summed E-state index contributed by atoms with van der Waals surface area (Å²) in [5.41, 5.74) is 8.44. The van der Waals surface area contributed by atoms with Gasteiger partial charge in [0.1, 0.15) is 5.82 Å². The summed E-state index contributed by atoms with van der Waals surface area (Å²) >= 11 is 0. The molecule has 1 amide bonds. The summed E-state index contributed by atoms with van der Waals surface area (Å²) in [6.07, 6.45) is 1.01. The monoisotopic (exact) mass is 281 g/mol. The van der Waals surface area contributed by atoms with Crippen molar-refractivity contribution >= 4 is 11.7 Å². The minimum Gasteiger partial charge on any atom is -0.384 e. The van der Waals surface area contributed by atoms with Crippen LogP contribution in [0.25, 0.3) is 0 Å². The average molecular weight is 281 g/mol. The molecular weight excluding hydrogens is 262 g/mol. The van der Waals surface area contributed by atoms with E-state index in [2.05, 4.69) is 17.1 Å². The van der Waals surface area contributed by atoms with Crippen molar-refractivity contribution < 1.29 is 4.79 Å². The highest BCUT2D eigenvalue weighted by Crippen LogP contribution is 2.28. The molecule has 108 valence electrons. The average Bonchev–Trinajstić information content (AvgIpc) is 2.96. The molecule has 0 saturated carbocycles. The number of aryl methyl sites for hydroxylation is 1. The van der Waals surface area contributed by atoms with E-state index in [1.54, 1.807) is 12.1 Å². The molecule has 1 atom stereocenters. The number of nitrogens with two attached hydrogens (primary N) is 1. The van der Waals surface area contributed by atoms with Crippen LogP contribution in [0, 0.1) is 6.92 Å². The molecule has 1 aliphatic heterocycles. The zero-order valence-electron chi connectivity index (χ0n) is 12.1. The Morgan fingerprint density at radius 1 is 1.29 bits per heavy atom. The number of benzene rings is 1. The molecule has 1 aromatic heterocycles. The van der Waals surface area contributed by atoms with E-state index in [-0.39, 0.29) is 5.91 Å². The third-order valence-electron chi connectivity index (χ3n) is 3.97. The van der Waals surface area contributed by atoms with Crippen LogP contribution in [-0.4, -0.2) is 28.9 Å². The van der Waals surface area contributed by atoms with Gasteiger partial charge >= 0.3 is 0 Å². The lowest BCUT2D eigenvalue weighted by atomic mass is 9.99. The minimum atomic E-state index is 0.0469. The van der Waals surface area contributed by atoms with E-state index in [0.29, 0.717) is 17.3 Å². The molecule has 4 nitrogen and oxygen atoms in total. The number of hydrogen-bond donors (Lipinski definition) is 1. The molecule has 0 bridgehead atoms. The fraction of sp³-hybridized carbons (Fsp3) is 0.294. The van der Waals surface area contributed by atoms with Gasteiger partial charge < -0.3 is 10.6 Å². The van der Waals surface area contributed by atoms with Crippen LogP contribution in [0.1, 0.15) is 34.0 Å². The van der Waals surface area contributed by atoms with Gasteiger partial charge in [-0.3, -0.25) is 4.79 Å². The number of amides is 1. The van der Waals surface area contributed by atoms with E-state index in [1.165, 1.54) is 5.56 Å². The summed E-state index contributed by atoms with van der Waals surface area (Å²) in [5, 5.41) is 0. The first kappa shape index (κ1) is 13.6. The molecule has 4 heteroatoms. The van der Waals surface area contributed by atoms with E-state index in [4.69, 9.17) is 5.73 Å². The minimum absolute atomic E-state index is 0.0469. The summed E-state index contributed by atoms with van der Waals surface area (Å²) in [4.78, 5) is 18.6. The highest BCUT2D eigenvalue weighted by Gasteiger charge is 2.28. The van der Waals surface area contributed by atoms with Crippen molar-refractivity contribution in [1.29, 1.82) is 0 Å². The number of nitrogens with zero attached hydrogens (tertiary/aromatic N) is 2. The first-order chi connectivity index (χ1) is 10.1. The Morgan fingerprint density at radius 3 is 2.76 bits per heavy atom. The van der Waals surface area contributed by atoms with Gasteiger partial charge in [-0.2, -0.15) is 0 Å². The van der Waals surface area contributed by atoms with Gasteiger partial charge in [-0.1, -0.05) is 30.3 Å². The molecule has 3 rings (SSSR count). The number of likely N-dealkylation sites (tertiary alicyclic amines) is 1. The van der Waals surface area contributed by atoms with Crippen LogP contribution in [0.15, 0.2) is 42.5 Å². The molecule has 1 unspecified atom stereocenters. The summed E-state index contributed by atoms with van der Waals surface area (Å²) < 4.78 is 0. The van der Waals surface area contributed by atoms with Crippen LogP contribution in [0.4, 0.5) is 5.82 Å². The van der Waals surface area contributed by atoms with Gasteiger partial charge in [-0.05, 0) is 31.0 Å². The van der Waals surface area contributed by atoms with Crippen molar-refractivity contribution in [3.63, 3.8) is 0 Å². The molecule has 0 spiro atoms. The normalized spacial score (nSPS) is 18.0. The van der Waals surface area contributed by atoms with Crippen molar-refractivity contribution in [2.24, 2.45) is 0 Å². The topological polar surface area (TPSA) is 59.2 Å². The lowest BCUT2D eigenvalue weighted by Crippen LogP contribution is -2.28. The molecule has 2 N–H and O–H groups in total. The maximum atomic E-state index is 12.6. The fourth-order valence-corrected chi connectivity index (χ4v) is 2.94. The van der Waals surface area contributed by atoms with Crippen LogP contribution in [0.3, 0.4) is 0 Å². The lowest BCUT2D eigenvalue weighted by molar-refractivity contribution is 0.0790. The number of hydrogen-bond acceptors (Lipinski definition) is 3. The molecule has 1 fully saturated rings. The van der Waals surface area contributed by atoms with Gasteiger partial charge in [0, 0.05) is 30.3 Å². The molecule has 2 heterocycles. The smallest absolute Gasteiger partial charge is 0.254 e. The van der Waals surface area contributed by atoms with Crippen LogP contribution in [0.5, 0.6) is 0 Å². The quantitative estimate of drug-likeness (QED) is 0.920. The molecule has 21 heavy (non-hydrogen) atoms. The predicted octanol–water partition coefficient (Wildman–Crippen LogP) is 2.60. The standard InChI is InChI=1S/C17H19N3O/c1-12-9-15(10-16(18)19-12)17(21)20-8-7-14(11-20)13-5-3-2-4-6-13/h2-6,9-10,14H,7-8,11H2,1H3,(H2,18,19). The molecule has 0 aliphatic carbocycles. The Balaban J connectivity index is 1.75. The number of carbonyl (C=O) groups excluding carboxylic acids is 1. The zero-order valence-corrected chi connectivity index (χ0v) is 12.1. The summed E-state index contributed by atoms with van der Waals surface area (Å²) in [5.74, 6) is 0.873. The van der Waals surface area contributed by atoms with Gasteiger partial charge in [0.2, 0.25) is 0 Å². The molecule has 2 aromatic rings. The molecular formula is C17H19N3O. The van der Waals surface area contributed by atoms with Crippen molar-refractivity contribution in [3.8, 4) is 0 Å². The summed E-state index contributed by atoms with van der Waals surface area (Å²) in [6.45, 7) is 3.41. The van der Waals surface area contributed by atoms with Crippen molar-refractivity contribution in [2.45, 2.75) is 19.3 Å². The SMILES string of the molecule is Cc1cc(C(=O)N2CCC(c3ccccc3)C2)cc(N)n1. The number of pyridine rings is 1. The molecule has 1 saturated heterocycles. The third kappa shape index (κ3) is 2.89. The second-order valence-electron chi connectivity index (χ2n) is 5.57. The molecule has 0 radical (unpaired) electrons. The predicted molar refractivity (Wildman–Crippen MR) is 83.1 cm³/mol. The van der Waals surface area contributed by atoms with Gasteiger partial charge in [0.05, 0.1) is 0 Å². The highest BCUT2D eigenvalue weighted by molar-refractivity contribution is 5.95. The fourth-order valence-electron chi connectivity index (χ4n) is 2.94.